The van der Waals surface area contributed by atoms with Crippen LogP contribution in [0.2, 0.25) is 5.02 Å². The van der Waals surface area contributed by atoms with Crippen molar-refractivity contribution in [2.45, 2.75) is 29.6 Å². The number of nitrogens with zero attached hydrogens (tertiary/aromatic N) is 2. The number of thiophene rings is 1. The molecule has 0 spiro atoms. The van der Waals surface area contributed by atoms with Gasteiger partial charge in [-0.15, -0.1) is 11.3 Å². The van der Waals surface area contributed by atoms with Crippen molar-refractivity contribution < 1.29 is 13.2 Å². The molecular formula is C21H20ClN3O4S2. The normalized spacial score (nSPS) is 17.0. The fourth-order valence-corrected chi connectivity index (χ4v) is 6.55. The van der Waals surface area contributed by atoms with Gasteiger partial charge in [-0.3, -0.25) is 9.59 Å². The zero-order chi connectivity index (χ0) is 22.0. The number of hydrogen-bond donors (Lipinski definition) is 1. The number of amides is 1. The van der Waals surface area contributed by atoms with Gasteiger partial charge in [-0.25, -0.2) is 8.42 Å². The van der Waals surface area contributed by atoms with E-state index in [1.54, 1.807) is 17.5 Å². The van der Waals surface area contributed by atoms with Crippen molar-refractivity contribution in [1.82, 2.24) is 8.87 Å². The number of benzene rings is 1. The predicted molar refractivity (Wildman–Crippen MR) is 121 cm³/mol. The van der Waals surface area contributed by atoms with Crippen LogP contribution < -0.4 is 10.9 Å². The second-order valence-electron chi connectivity index (χ2n) is 7.17. The van der Waals surface area contributed by atoms with Crippen molar-refractivity contribution in [3.8, 4) is 0 Å². The number of pyridine rings is 1. The van der Waals surface area contributed by atoms with Crippen molar-refractivity contribution in [1.29, 1.82) is 0 Å². The van der Waals surface area contributed by atoms with E-state index in [1.807, 2.05) is 18.2 Å². The lowest BCUT2D eigenvalue weighted by atomic mass is 10.2. The summed E-state index contributed by atoms with van der Waals surface area (Å²) in [7, 11) is -3.72. The minimum absolute atomic E-state index is 0.223. The van der Waals surface area contributed by atoms with E-state index in [-0.39, 0.29) is 16.3 Å². The van der Waals surface area contributed by atoms with Crippen LogP contribution in [0.1, 0.15) is 18.4 Å². The van der Waals surface area contributed by atoms with Gasteiger partial charge in [0.1, 0.15) is 10.3 Å². The molecule has 1 atom stereocenters. The zero-order valence-electron chi connectivity index (χ0n) is 16.4. The molecule has 10 heteroatoms. The van der Waals surface area contributed by atoms with Crippen molar-refractivity contribution in [3.05, 3.63) is 81.0 Å². The fraction of sp³-hybridized carbons (Fsp3) is 0.238. The summed E-state index contributed by atoms with van der Waals surface area (Å²) < 4.78 is 28.7. The van der Waals surface area contributed by atoms with Gasteiger partial charge in [0.25, 0.3) is 15.6 Å². The Morgan fingerprint density at radius 3 is 2.71 bits per heavy atom. The predicted octanol–water partition coefficient (Wildman–Crippen LogP) is 3.40. The second-order valence-corrected chi connectivity index (χ2v) is 10.6. The van der Waals surface area contributed by atoms with Crippen LogP contribution in [0.25, 0.3) is 0 Å². The molecule has 3 heterocycles. The van der Waals surface area contributed by atoms with Crippen LogP contribution in [0.5, 0.6) is 0 Å². The topological polar surface area (TPSA) is 88.5 Å². The van der Waals surface area contributed by atoms with Gasteiger partial charge in [-0.1, -0.05) is 35.9 Å². The summed E-state index contributed by atoms with van der Waals surface area (Å²) in [4.78, 5) is 25.2. The highest BCUT2D eigenvalue weighted by molar-refractivity contribution is 7.91. The summed E-state index contributed by atoms with van der Waals surface area (Å²) in [5.41, 5.74) is 0.955. The van der Waals surface area contributed by atoms with Crippen LogP contribution in [-0.2, 0) is 21.4 Å². The van der Waals surface area contributed by atoms with E-state index >= 15 is 0 Å². The Morgan fingerprint density at radius 1 is 1.16 bits per heavy atom. The molecule has 1 aliphatic rings. The highest BCUT2D eigenvalue weighted by Crippen LogP contribution is 2.29. The lowest BCUT2D eigenvalue weighted by molar-refractivity contribution is -0.119. The van der Waals surface area contributed by atoms with Crippen LogP contribution in [0.3, 0.4) is 0 Å². The minimum Gasteiger partial charge on any atom is -0.323 e. The molecule has 3 aromatic rings. The first-order valence-corrected chi connectivity index (χ1v) is 12.4. The summed E-state index contributed by atoms with van der Waals surface area (Å²) in [6, 6.07) is 12.5. The smallest absolute Gasteiger partial charge is 0.253 e. The van der Waals surface area contributed by atoms with Crippen LogP contribution in [-0.4, -0.2) is 35.8 Å². The number of carbonyl (C=O) groups is 1. The number of hydrogen-bond acceptors (Lipinski definition) is 5. The van der Waals surface area contributed by atoms with E-state index in [4.69, 9.17) is 11.6 Å². The van der Waals surface area contributed by atoms with Crippen molar-refractivity contribution in [3.63, 3.8) is 0 Å². The van der Waals surface area contributed by atoms with Crippen molar-refractivity contribution in [2.24, 2.45) is 0 Å². The summed E-state index contributed by atoms with van der Waals surface area (Å²) in [6.07, 6.45) is 2.58. The van der Waals surface area contributed by atoms with Crippen LogP contribution >= 0.6 is 22.9 Å². The maximum absolute atomic E-state index is 12.9. The Kier molecular flexibility index (Phi) is 6.29. The third-order valence-corrected chi connectivity index (χ3v) is 8.76. The lowest BCUT2D eigenvalue weighted by Crippen LogP contribution is -2.43. The molecule has 31 heavy (non-hydrogen) atoms. The van der Waals surface area contributed by atoms with E-state index < -0.39 is 22.0 Å². The maximum Gasteiger partial charge on any atom is 0.253 e. The van der Waals surface area contributed by atoms with E-state index in [0.717, 1.165) is 16.9 Å². The quantitative estimate of drug-likeness (QED) is 0.589. The second kappa shape index (κ2) is 8.96. The Labute approximate surface area is 188 Å². The summed E-state index contributed by atoms with van der Waals surface area (Å²) in [5.74, 6) is -0.416. The van der Waals surface area contributed by atoms with Crippen LogP contribution in [0, 0.1) is 0 Å². The van der Waals surface area contributed by atoms with E-state index in [0.29, 0.717) is 30.1 Å². The highest BCUT2D eigenvalue weighted by Gasteiger charge is 2.39. The molecule has 0 bridgehead atoms. The van der Waals surface area contributed by atoms with Gasteiger partial charge in [0, 0.05) is 23.8 Å². The van der Waals surface area contributed by atoms with Gasteiger partial charge in [0.2, 0.25) is 5.91 Å². The van der Waals surface area contributed by atoms with Gasteiger partial charge in [-0.05, 0) is 42.0 Å². The number of aromatic nitrogens is 1. The molecule has 7 nitrogen and oxygen atoms in total. The third-order valence-electron chi connectivity index (χ3n) is 5.11. The van der Waals surface area contributed by atoms with Gasteiger partial charge in [0.15, 0.2) is 0 Å². The Hall–Kier alpha value is -2.46. The molecule has 4 rings (SSSR count). The molecule has 1 fully saturated rings. The van der Waals surface area contributed by atoms with Crippen molar-refractivity contribution in [2.75, 3.05) is 11.9 Å². The number of sulfonamides is 1. The molecule has 2 aromatic heterocycles. The maximum atomic E-state index is 12.9. The SMILES string of the molecule is O=C(Nc1ccc(=O)n(Cc2ccccc2Cl)c1)C1CCCN1S(=O)(=O)c1cccs1. The molecule has 1 saturated heterocycles. The molecule has 1 N–H and O–H groups in total. The first kappa shape index (κ1) is 21.8. The zero-order valence-corrected chi connectivity index (χ0v) is 18.8. The average Bonchev–Trinajstić information content (AvgIpc) is 3.44. The summed E-state index contributed by atoms with van der Waals surface area (Å²) >= 11 is 7.32. The van der Waals surface area contributed by atoms with Crippen LogP contribution in [0.15, 0.2) is 69.1 Å². The Morgan fingerprint density at radius 2 is 1.97 bits per heavy atom. The van der Waals surface area contributed by atoms with E-state index in [9.17, 15) is 18.0 Å². The molecule has 1 aromatic carbocycles. The number of nitrogens with one attached hydrogen (secondary N) is 1. The minimum atomic E-state index is -3.72. The Bertz CT molecular complexity index is 1260. The standard InChI is InChI=1S/C21H20ClN3O4S2/c22-17-6-2-1-5-15(17)13-24-14-16(9-10-19(24)26)23-21(27)18-7-3-11-25(18)31(28,29)20-8-4-12-30-20/h1-2,4-6,8-10,12,14,18H,3,7,11,13H2,(H,23,27). The lowest BCUT2D eigenvalue weighted by Gasteiger charge is -2.22. The molecule has 1 unspecified atom stereocenters. The fourth-order valence-electron chi connectivity index (χ4n) is 3.58. The van der Waals surface area contributed by atoms with Gasteiger partial charge >= 0.3 is 0 Å². The Balaban J connectivity index is 1.53. The first-order chi connectivity index (χ1) is 14.9. The molecule has 0 radical (unpaired) electrons. The molecule has 1 aliphatic heterocycles. The van der Waals surface area contributed by atoms with Gasteiger partial charge in [-0.2, -0.15) is 4.31 Å². The van der Waals surface area contributed by atoms with Crippen molar-refractivity contribution >= 4 is 44.6 Å². The number of anilines is 1. The van der Waals surface area contributed by atoms with E-state index in [2.05, 4.69) is 5.32 Å². The summed E-state index contributed by atoms with van der Waals surface area (Å²) in [6.45, 7) is 0.550. The highest BCUT2D eigenvalue weighted by atomic mass is 35.5. The van der Waals surface area contributed by atoms with Crippen LogP contribution in [0.4, 0.5) is 5.69 Å². The molecule has 162 valence electrons. The largest absolute Gasteiger partial charge is 0.323 e. The van der Waals surface area contributed by atoms with Gasteiger partial charge < -0.3 is 9.88 Å². The number of halogens is 1. The van der Waals surface area contributed by atoms with E-state index in [1.165, 1.54) is 33.3 Å². The molecule has 0 saturated carbocycles. The monoisotopic (exact) mass is 477 g/mol. The molecule has 0 aliphatic carbocycles. The third kappa shape index (κ3) is 4.59. The van der Waals surface area contributed by atoms with Gasteiger partial charge in [0.05, 0.1) is 12.2 Å². The number of rotatable bonds is 6. The molecule has 1 amide bonds. The average molecular weight is 478 g/mol. The first-order valence-electron chi connectivity index (χ1n) is 9.66. The number of carbonyl (C=O) groups excluding carboxylic acids is 1. The molecular weight excluding hydrogens is 458 g/mol. The summed E-state index contributed by atoms with van der Waals surface area (Å²) in [5, 5.41) is 5.01.